The van der Waals surface area contributed by atoms with Crippen LogP contribution in [0.2, 0.25) is 0 Å². The van der Waals surface area contributed by atoms with Crippen LogP contribution in [0.4, 0.5) is 5.69 Å². The Bertz CT molecular complexity index is 800. The van der Waals surface area contributed by atoms with Gasteiger partial charge < -0.3 is 19.1 Å². The first-order valence-electron chi connectivity index (χ1n) is 8.80. The maximum absolute atomic E-state index is 12.5. The number of anilines is 1. The van der Waals surface area contributed by atoms with Crippen molar-refractivity contribution in [1.29, 1.82) is 0 Å². The third kappa shape index (κ3) is 4.22. The Morgan fingerprint density at radius 3 is 2.11 bits per heavy atom. The zero-order valence-corrected chi connectivity index (χ0v) is 15.7. The Morgan fingerprint density at radius 2 is 1.56 bits per heavy atom. The van der Waals surface area contributed by atoms with Gasteiger partial charge in [-0.3, -0.25) is 9.59 Å². The van der Waals surface area contributed by atoms with Gasteiger partial charge in [-0.25, -0.2) is 0 Å². The molecule has 1 saturated heterocycles. The van der Waals surface area contributed by atoms with Crippen LogP contribution < -0.4 is 14.4 Å². The molecule has 0 spiro atoms. The van der Waals surface area contributed by atoms with E-state index in [1.165, 1.54) is 0 Å². The minimum Gasteiger partial charge on any atom is -0.497 e. The van der Waals surface area contributed by atoms with E-state index in [1.54, 1.807) is 31.3 Å². The van der Waals surface area contributed by atoms with Gasteiger partial charge in [0.05, 0.1) is 20.1 Å². The molecule has 27 heavy (non-hydrogen) atoms. The molecule has 0 N–H and O–H groups in total. The van der Waals surface area contributed by atoms with E-state index in [0.717, 1.165) is 22.7 Å². The Balaban J connectivity index is 1.62. The predicted octanol–water partition coefficient (Wildman–Crippen LogP) is 3.36. The van der Waals surface area contributed by atoms with Crippen molar-refractivity contribution in [2.75, 3.05) is 25.7 Å². The molecule has 0 unspecified atom stereocenters. The number of rotatable bonds is 6. The highest BCUT2D eigenvalue weighted by Gasteiger charge is 2.36. The number of amides is 1. The highest BCUT2D eigenvalue weighted by molar-refractivity contribution is 5.99. The quantitative estimate of drug-likeness (QED) is 0.731. The topological polar surface area (TPSA) is 65.1 Å². The van der Waals surface area contributed by atoms with Crippen LogP contribution in [0.5, 0.6) is 11.5 Å². The molecule has 6 heteroatoms. The second-order valence-corrected chi connectivity index (χ2v) is 6.46. The first-order chi connectivity index (χ1) is 13.0. The number of carbonyl (C=O) groups is 2. The SMILES string of the molecule is COc1ccc([C@@H](C)OC(=O)[C@@H]2CC(=O)N(c3ccc(OC)cc3)C2)cc1. The fourth-order valence-electron chi connectivity index (χ4n) is 3.09. The van der Waals surface area contributed by atoms with Crippen LogP contribution in [0.3, 0.4) is 0 Å². The van der Waals surface area contributed by atoms with Gasteiger partial charge in [0, 0.05) is 18.7 Å². The van der Waals surface area contributed by atoms with Gasteiger partial charge in [-0.1, -0.05) is 12.1 Å². The molecule has 1 heterocycles. The number of benzene rings is 2. The van der Waals surface area contributed by atoms with Gasteiger partial charge in [0.25, 0.3) is 0 Å². The smallest absolute Gasteiger partial charge is 0.311 e. The van der Waals surface area contributed by atoms with Gasteiger partial charge in [-0.2, -0.15) is 0 Å². The number of nitrogens with zero attached hydrogens (tertiary/aromatic N) is 1. The molecule has 2 aromatic carbocycles. The van der Waals surface area contributed by atoms with E-state index in [0.29, 0.717) is 6.54 Å². The molecule has 3 rings (SSSR count). The Kier molecular flexibility index (Phi) is 5.64. The maximum atomic E-state index is 12.5. The molecule has 1 aliphatic heterocycles. The summed E-state index contributed by atoms with van der Waals surface area (Å²) in [5.74, 6) is 0.547. The normalized spacial score (nSPS) is 17.5. The molecular weight excluding hydrogens is 346 g/mol. The predicted molar refractivity (Wildman–Crippen MR) is 101 cm³/mol. The second-order valence-electron chi connectivity index (χ2n) is 6.46. The lowest BCUT2D eigenvalue weighted by Gasteiger charge is -2.18. The highest BCUT2D eigenvalue weighted by Crippen LogP contribution is 2.29. The monoisotopic (exact) mass is 369 g/mol. The van der Waals surface area contributed by atoms with Gasteiger partial charge in [-0.05, 0) is 48.9 Å². The molecule has 6 nitrogen and oxygen atoms in total. The van der Waals surface area contributed by atoms with Crippen LogP contribution in [-0.2, 0) is 14.3 Å². The average molecular weight is 369 g/mol. The molecule has 0 aliphatic carbocycles. The van der Waals surface area contributed by atoms with Crippen LogP contribution in [0, 0.1) is 5.92 Å². The van der Waals surface area contributed by atoms with Crippen molar-refractivity contribution < 1.29 is 23.8 Å². The second kappa shape index (κ2) is 8.12. The Hall–Kier alpha value is -3.02. The van der Waals surface area contributed by atoms with Gasteiger partial charge in [0.1, 0.15) is 17.6 Å². The molecule has 1 fully saturated rings. The van der Waals surface area contributed by atoms with Crippen LogP contribution in [0.25, 0.3) is 0 Å². The van der Waals surface area contributed by atoms with Crippen molar-refractivity contribution in [3.05, 3.63) is 54.1 Å². The molecular formula is C21H23NO5. The molecule has 1 amide bonds. The highest BCUT2D eigenvalue weighted by atomic mass is 16.5. The van der Waals surface area contributed by atoms with Crippen LogP contribution in [-0.4, -0.2) is 32.6 Å². The Labute approximate surface area is 158 Å². The van der Waals surface area contributed by atoms with E-state index < -0.39 is 12.0 Å². The van der Waals surface area contributed by atoms with E-state index in [2.05, 4.69) is 0 Å². The standard InChI is InChI=1S/C21H23NO5/c1-14(15-4-8-18(25-2)9-5-15)27-21(24)16-12-20(23)22(13-16)17-6-10-19(26-3)11-7-17/h4-11,14,16H,12-13H2,1-3H3/t14-,16-/m1/s1. The number of carbonyl (C=O) groups excluding carboxylic acids is 2. The lowest BCUT2D eigenvalue weighted by Crippen LogP contribution is -2.26. The van der Waals surface area contributed by atoms with Crippen molar-refractivity contribution in [3.8, 4) is 11.5 Å². The summed E-state index contributed by atoms with van der Waals surface area (Å²) >= 11 is 0. The number of methoxy groups -OCH3 is 2. The lowest BCUT2D eigenvalue weighted by molar-refractivity contribution is -0.153. The summed E-state index contributed by atoms with van der Waals surface area (Å²) in [6.45, 7) is 2.14. The first kappa shape index (κ1) is 18.8. The van der Waals surface area contributed by atoms with Gasteiger partial charge in [0.2, 0.25) is 5.91 Å². The molecule has 0 bridgehead atoms. The van der Waals surface area contributed by atoms with Crippen molar-refractivity contribution in [3.63, 3.8) is 0 Å². The average Bonchev–Trinajstić information content (AvgIpc) is 3.10. The molecule has 0 radical (unpaired) electrons. The van der Waals surface area contributed by atoms with Crippen molar-refractivity contribution in [2.45, 2.75) is 19.4 Å². The Morgan fingerprint density at radius 1 is 1.00 bits per heavy atom. The van der Waals surface area contributed by atoms with Crippen molar-refractivity contribution in [2.24, 2.45) is 5.92 Å². The number of esters is 1. The number of hydrogen-bond donors (Lipinski definition) is 0. The summed E-state index contributed by atoms with van der Waals surface area (Å²) in [4.78, 5) is 26.5. The first-order valence-corrected chi connectivity index (χ1v) is 8.80. The summed E-state index contributed by atoms with van der Waals surface area (Å²) in [7, 11) is 3.19. The van der Waals surface area contributed by atoms with E-state index in [1.807, 2.05) is 43.3 Å². The third-order valence-corrected chi connectivity index (χ3v) is 4.72. The molecule has 2 aromatic rings. The van der Waals surface area contributed by atoms with Gasteiger partial charge >= 0.3 is 5.97 Å². The largest absolute Gasteiger partial charge is 0.497 e. The summed E-state index contributed by atoms with van der Waals surface area (Å²) < 4.78 is 15.9. The molecule has 0 saturated carbocycles. The minimum absolute atomic E-state index is 0.0841. The van der Waals surface area contributed by atoms with Crippen LogP contribution >= 0.6 is 0 Å². The summed E-state index contributed by atoms with van der Waals surface area (Å²) in [5.41, 5.74) is 1.62. The molecule has 2 atom stereocenters. The summed E-state index contributed by atoms with van der Waals surface area (Å²) in [6, 6.07) is 14.6. The maximum Gasteiger partial charge on any atom is 0.311 e. The molecule has 142 valence electrons. The summed E-state index contributed by atoms with van der Waals surface area (Å²) in [6.07, 6.45) is -0.242. The third-order valence-electron chi connectivity index (χ3n) is 4.72. The lowest BCUT2D eigenvalue weighted by atomic mass is 10.1. The van der Waals surface area contributed by atoms with E-state index in [-0.39, 0.29) is 18.3 Å². The summed E-state index contributed by atoms with van der Waals surface area (Å²) in [5, 5.41) is 0. The zero-order chi connectivity index (χ0) is 19.4. The fourth-order valence-corrected chi connectivity index (χ4v) is 3.09. The van der Waals surface area contributed by atoms with Crippen molar-refractivity contribution in [1.82, 2.24) is 0 Å². The van der Waals surface area contributed by atoms with Crippen molar-refractivity contribution >= 4 is 17.6 Å². The molecule has 1 aliphatic rings. The zero-order valence-electron chi connectivity index (χ0n) is 15.7. The minimum atomic E-state index is -0.472. The number of ether oxygens (including phenoxy) is 3. The number of hydrogen-bond acceptors (Lipinski definition) is 5. The van der Waals surface area contributed by atoms with E-state index in [4.69, 9.17) is 14.2 Å². The van der Waals surface area contributed by atoms with Gasteiger partial charge in [-0.15, -0.1) is 0 Å². The van der Waals surface area contributed by atoms with Crippen LogP contribution in [0.15, 0.2) is 48.5 Å². The van der Waals surface area contributed by atoms with E-state index in [9.17, 15) is 9.59 Å². The van der Waals surface area contributed by atoms with E-state index >= 15 is 0 Å². The molecule has 0 aromatic heterocycles. The fraction of sp³-hybridized carbons (Fsp3) is 0.333. The van der Waals surface area contributed by atoms with Crippen LogP contribution in [0.1, 0.15) is 25.0 Å². The van der Waals surface area contributed by atoms with Gasteiger partial charge in [0.15, 0.2) is 0 Å².